The van der Waals surface area contributed by atoms with Gasteiger partial charge in [-0.05, 0) is 123 Å². The average Bonchev–Trinajstić information content (AvgIpc) is 3.06. The molecule has 0 saturated heterocycles. The van der Waals surface area contributed by atoms with Crippen molar-refractivity contribution >= 4 is 0 Å². The van der Waals surface area contributed by atoms with Gasteiger partial charge in [-0.2, -0.15) is 0 Å². The fraction of sp³-hybridized carbons (Fsp3) is 0.867. The number of rotatable bonds is 5. The molecule has 0 aliphatic heterocycles. The van der Waals surface area contributed by atoms with Gasteiger partial charge in [0, 0.05) is 4.28 Å². The Kier molecular flexibility index (Phi) is 6.38. The van der Waals surface area contributed by atoms with Gasteiger partial charge in [0.05, 0.1) is 0 Å². The Morgan fingerprint density at radius 3 is 2.57 bits per heavy atom. The fourth-order valence-corrected chi connectivity index (χ4v) is 9.18. The summed E-state index contributed by atoms with van der Waals surface area (Å²) in [7, 11) is 0. The smallest absolute Gasteiger partial charge is 0 e. The van der Waals surface area contributed by atoms with E-state index in [0.29, 0.717) is 16.7 Å². The average molecular weight is 417 g/mol. The first kappa shape index (κ1) is 22.7. The van der Waals surface area contributed by atoms with E-state index in [-0.39, 0.29) is 4.28 Å². The van der Waals surface area contributed by atoms with Crippen molar-refractivity contribution < 1.29 is 4.28 Å². The molecule has 176 valence electrons. The van der Waals surface area contributed by atoms with Crippen molar-refractivity contribution in [3.8, 4) is 0 Å². The van der Waals surface area contributed by atoms with E-state index in [2.05, 4.69) is 60.6 Å². The lowest BCUT2D eigenvalue weighted by molar-refractivity contribution is -0.0521. The maximum absolute atomic E-state index is 2.75. The molecule has 0 spiro atoms. The molecule has 0 N–H and O–H groups in total. The van der Waals surface area contributed by atoms with Crippen molar-refractivity contribution in [2.75, 3.05) is 0 Å². The van der Waals surface area contributed by atoms with E-state index in [1.165, 1.54) is 64.2 Å². The summed E-state index contributed by atoms with van der Waals surface area (Å²) in [5.41, 5.74) is 4.69. The SMILES string of the molecule is C/C=C(/CC[C@@H](C)C1CCC2[C@@H]3CC=C4C[C@@H](C)CC[C@]4(C)C3CC[C@@]21C)C(C)C.[HH].[HH].[HH]. The van der Waals surface area contributed by atoms with Crippen LogP contribution in [0.5, 0.6) is 0 Å². The minimum Gasteiger partial charge on any atom is -0.0882 e. The summed E-state index contributed by atoms with van der Waals surface area (Å²) in [5.74, 6) is 6.41. The molecule has 0 radical (unpaired) electrons. The largest absolute Gasteiger partial charge is 0.0882 e. The fourth-order valence-electron chi connectivity index (χ4n) is 9.18. The first-order valence-electron chi connectivity index (χ1n) is 13.5. The van der Waals surface area contributed by atoms with Crippen LogP contribution in [-0.2, 0) is 0 Å². The molecular formula is C30H56. The van der Waals surface area contributed by atoms with Crippen molar-refractivity contribution in [1.29, 1.82) is 0 Å². The highest BCUT2D eigenvalue weighted by molar-refractivity contribution is 5.25. The third-order valence-corrected chi connectivity index (χ3v) is 11.1. The van der Waals surface area contributed by atoms with Crippen LogP contribution in [0.2, 0.25) is 0 Å². The van der Waals surface area contributed by atoms with Gasteiger partial charge in [-0.15, -0.1) is 0 Å². The summed E-state index contributed by atoms with van der Waals surface area (Å²) >= 11 is 0. The quantitative estimate of drug-likeness (QED) is 0.391. The molecule has 30 heavy (non-hydrogen) atoms. The third-order valence-electron chi connectivity index (χ3n) is 11.1. The molecule has 0 aromatic rings. The topological polar surface area (TPSA) is 0 Å². The molecular weight excluding hydrogens is 360 g/mol. The first-order valence-corrected chi connectivity index (χ1v) is 13.5. The highest BCUT2D eigenvalue weighted by atomic mass is 14.6. The lowest BCUT2D eigenvalue weighted by Crippen LogP contribution is -2.50. The normalized spacial score (nSPS) is 44.9. The Hall–Kier alpha value is -0.520. The summed E-state index contributed by atoms with van der Waals surface area (Å²) in [6.45, 7) is 17.4. The van der Waals surface area contributed by atoms with Gasteiger partial charge in [0.15, 0.2) is 0 Å². The van der Waals surface area contributed by atoms with Gasteiger partial charge in [0.25, 0.3) is 0 Å². The second kappa shape index (κ2) is 8.44. The minimum atomic E-state index is 0. The molecule has 0 bridgehead atoms. The molecule has 3 unspecified atom stereocenters. The number of hydrogen-bond acceptors (Lipinski definition) is 0. The van der Waals surface area contributed by atoms with Gasteiger partial charge < -0.3 is 0 Å². The summed E-state index contributed by atoms with van der Waals surface area (Å²) < 4.78 is 0. The minimum absolute atomic E-state index is 0. The lowest BCUT2D eigenvalue weighted by atomic mass is 9.46. The van der Waals surface area contributed by atoms with Crippen molar-refractivity contribution in [1.82, 2.24) is 0 Å². The van der Waals surface area contributed by atoms with Crippen LogP contribution < -0.4 is 0 Å². The second-order valence-electron chi connectivity index (χ2n) is 12.9. The van der Waals surface area contributed by atoms with Crippen molar-refractivity contribution in [3.05, 3.63) is 23.3 Å². The number of fused-ring (bicyclic) bond motifs is 5. The Bertz CT molecular complexity index is 695. The Labute approximate surface area is 192 Å². The second-order valence-corrected chi connectivity index (χ2v) is 12.9. The Balaban J connectivity index is 0.00000181. The standard InChI is InChI=1S/C30H50.3H2/c1-8-23(20(2)3)10-9-22(5)26-13-14-27-25-12-11-24-19-21(4)15-17-29(24,6)28(25)16-18-30(26,27)7;;;/h8,11,20-22,25-28H,9-10,12-19H2,1-7H3;3*1H/b23-8-;;;/t21-,22+,25-,26?,27?,28?,29-,30+;;;/m0.../s1. The highest BCUT2D eigenvalue weighted by Crippen LogP contribution is 2.67. The van der Waals surface area contributed by atoms with Crippen LogP contribution in [0.25, 0.3) is 0 Å². The maximum Gasteiger partial charge on any atom is 0 e. The van der Waals surface area contributed by atoms with E-state index in [1.54, 1.807) is 5.57 Å². The molecule has 4 rings (SSSR count). The van der Waals surface area contributed by atoms with E-state index in [1.807, 2.05) is 5.57 Å². The van der Waals surface area contributed by atoms with Gasteiger partial charge >= 0.3 is 0 Å². The van der Waals surface area contributed by atoms with Gasteiger partial charge in [-0.1, -0.05) is 64.8 Å². The number of hydrogen-bond donors (Lipinski definition) is 0. The molecule has 0 heteroatoms. The van der Waals surface area contributed by atoms with Crippen molar-refractivity contribution in [2.45, 2.75) is 113 Å². The molecule has 8 atom stereocenters. The molecule has 0 amide bonds. The zero-order valence-corrected chi connectivity index (χ0v) is 21.3. The van der Waals surface area contributed by atoms with Crippen LogP contribution in [0.4, 0.5) is 0 Å². The monoisotopic (exact) mass is 416 g/mol. The van der Waals surface area contributed by atoms with Crippen LogP contribution >= 0.6 is 0 Å². The zero-order chi connectivity index (χ0) is 21.7. The zero-order valence-electron chi connectivity index (χ0n) is 21.3. The summed E-state index contributed by atoms with van der Waals surface area (Å²) in [6.07, 6.45) is 19.6. The number of allylic oxidation sites excluding steroid dienone is 4. The molecule has 0 nitrogen and oxygen atoms in total. The van der Waals surface area contributed by atoms with Gasteiger partial charge in [-0.3, -0.25) is 0 Å². The van der Waals surface area contributed by atoms with Crippen molar-refractivity contribution in [2.24, 2.45) is 52.3 Å². The molecule has 3 fully saturated rings. The predicted molar refractivity (Wildman–Crippen MR) is 138 cm³/mol. The Morgan fingerprint density at radius 2 is 1.87 bits per heavy atom. The summed E-state index contributed by atoms with van der Waals surface area (Å²) in [5, 5.41) is 0. The first-order chi connectivity index (χ1) is 14.2. The molecule has 4 aliphatic rings. The summed E-state index contributed by atoms with van der Waals surface area (Å²) in [4.78, 5) is 0. The van der Waals surface area contributed by atoms with Crippen molar-refractivity contribution in [3.63, 3.8) is 0 Å². The maximum atomic E-state index is 2.75. The third kappa shape index (κ3) is 3.67. The van der Waals surface area contributed by atoms with E-state index >= 15 is 0 Å². The van der Waals surface area contributed by atoms with E-state index in [0.717, 1.165) is 35.5 Å². The molecule has 0 aromatic carbocycles. The molecule has 0 heterocycles. The van der Waals surface area contributed by atoms with E-state index in [9.17, 15) is 0 Å². The summed E-state index contributed by atoms with van der Waals surface area (Å²) in [6, 6.07) is 0. The Morgan fingerprint density at radius 1 is 1.10 bits per heavy atom. The molecule has 3 saturated carbocycles. The van der Waals surface area contributed by atoms with E-state index < -0.39 is 0 Å². The molecule has 0 aromatic heterocycles. The van der Waals surface area contributed by atoms with Crippen LogP contribution in [0, 0.1) is 52.3 Å². The van der Waals surface area contributed by atoms with E-state index in [4.69, 9.17) is 0 Å². The molecule has 4 aliphatic carbocycles. The van der Waals surface area contributed by atoms with Crippen LogP contribution in [0.1, 0.15) is 117 Å². The van der Waals surface area contributed by atoms with Gasteiger partial charge in [0.1, 0.15) is 0 Å². The highest BCUT2D eigenvalue weighted by Gasteiger charge is 2.58. The van der Waals surface area contributed by atoms with Crippen LogP contribution in [0.15, 0.2) is 23.3 Å². The van der Waals surface area contributed by atoms with Crippen LogP contribution in [-0.4, -0.2) is 0 Å². The predicted octanol–water partition coefficient (Wildman–Crippen LogP) is 9.96. The van der Waals surface area contributed by atoms with Crippen LogP contribution in [0.3, 0.4) is 0 Å². The van der Waals surface area contributed by atoms with Gasteiger partial charge in [-0.25, -0.2) is 0 Å². The van der Waals surface area contributed by atoms with Gasteiger partial charge in [0.2, 0.25) is 0 Å². The lowest BCUT2D eigenvalue weighted by Gasteiger charge is -2.58.